The summed E-state index contributed by atoms with van der Waals surface area (Å²) in [5, 5.41) is 3.22. The molecule has 1 atom stereocenters. The number of methoxy groups -OCH3 is 2. The topological polar surface area (TPSA) is 105 Å². The SMILES string of the molecule is COc1ccc(N(CC(=O)N(Cc2ccccc2C)C(Cc2ccccc2)C(=O)NC2CCCCC2)S(C)(=O)=O)c(OC)c1. The highest BCUT2D eigenvalue weighted by Gasteiger charge is 2.35. The fourth-order valence-electron chi connectivity index (χ4n) is 5.65. The second-order valence-electron chi connectivity index (χ2n) is 11.3. The minimum Gasteiger partial charge on any atom is -0.497 e. The third-order valence-corrected chi connectivity index (χ3v) is 9.29. The quantitative estimate of drug-likeness (QED) is 0.292. The molecule has 0 saturated heterocycles. The molecule has 0 spiro atoms. The number of carbonyl (C=O) groups is 2. The number of hydrogen-bond donors (Lipinski definition) is 1. The number of sulfonamides is 1. The molecule has 4 rings (SSSR count). The Labute approximate surface area is 261 Å². The van der Waals surface area contributed by atoms with Crippen LogP contribution in [0.4, 0.5) is 5.69 Å². The molecular weight excluding hydrogens is 578 g/mol. The third kappa shape index (κ3) is 8.53. The number of aryl methyl sites for hydroxylation is 1. The smallest absolute Gasteiger partial charge is 0.244 e. The lowest BCUT2D eigenvalue weighted by molar-refractivity contribution is -0.140. The second-order valence-corrected chi connectivity index (χ2v) is 13.2. The van der Waals surface area contributed by atoms with E-state index < -0.39 is 28.5 Å². The van der Waals surface area contributed by atoms with Crippen LogP contribution in [0.2, 0.25) is 0 Å². The summed E-state index contributed by atoms with van der Waals surface area (Å²) in [4.78, 5) is 30.0. The summed E-state index contributed by atoms with van der Waals surface area (Å²) in [5.41, 5.74) is 2.94. The van der Waals surface area contributed by atoms with E-state index in [9.17, 15) is 18.0 Å². The van der Waals surface area contributed by atoms with Gasteiger partial charge in [-0.15, -0.1) is 0 Å². The number of nitrogens with one attached hydrogen (secondary N) is 1. The van der Waals surface area contributed by atoms with Crippen molar-refractivity contribution in [2.24, 2.45) is 0 Å². The van der Waals surface area contributed by atoms with Crippen LogP contribution in [-0.2, 0) is 32.6 Å². The zero-order valence-corrected chi connectivity index (χ0v) is 26.8. The molecular formula is C34H43N3O6S. The number of carbonyl (C=O) groups excluding carboxylic acids is 2. The van der Waals surface area contributed by atoms with Gasteiger partial charge in [-0.3, -0.25) is 13.9 Å². The Balaban J connectivity index is 1.76. The van der Waals surface area contributed by atoms with Crippen LogP contribution in [-0.4, -0.2) is 64.2 Å². The van der Waals surface area contributed by atoms with Gasteiger partial charge in [-0.05, 0) is 48.6 Å². The minimum atomic E-state index is -3.94. The molecule has 3 aromatic rings. The van der Waals surface area contributed by atoms with Gasteiger partial charge >= 0.3 is 0 Å². The molecule has 9 nitrogen and oxygen atoms in total. The van der Waals surface area contributed by atoms with Crippen molar-refractivity contribution in [2.75, 3.05) is 31.3 Å². The van der Waals surface area contributed by atoms with Crippen molar-refractivity contribution >= 4 is 27.5 Å². The molecule has 1 fully saturated rings. The van der Waals surface area contributed by atoms with E-state index in [0.717, 1.165) is 59.4 Å². The molecule has 0 aromatic heterocycles. The highest BCUT2D eigenvalue weighted by Crippen LogP contribution is 2.34. The fraction of sp³-hybridized carbons (Fsp3) is 0.412. The summed E-state index contributed by atoms with van der Waals surface area (Å²) in [6, 6.07) is 21.2. The average molecular weight is 622 g/mol. The van der Waals surface area contributed by atoms with Crippen molar-refractivity contribution in [2.45, 2.75) is 64.1 Å². The monoisotopic (exact) mass is 621 g/mol. The summed E-state index contributed by atoms with van der Waals surface area (Å²) < 4.78 is 38.1. The first-order valence-electron chi connectivity index (χ1n) is 15.0. The molecule has 2 amide bonds. The van der Waals surface area contributed by atoms with Crippen molar-refractivity contribution in [1.29, 1.82) is 0 Å². The summed E-state index contributed by atoms with van der Waals surface area (Å²) in [7, 11) is -1.01. The lowest BCUT2D eigenvalue weighted by Gasteiger charge is -2.35. The maximum Gasteiger partial charge on any atom is 0.244 e. The Kier molecular flexibility index (Phi) is 11.3. The first kappa shape index (κ1) is 32.9. The highest BCUT2D eigenvalue weighted by molar-refractivity contribution is 7.92. The predicted molar refractivity (Wildman–Crippen MR) is 172 cm³/mol. The largest absolute Gasteiger partial charge is 0.497 e. The number of benzene rings is 3. The lowest BCUT2D eigenvalue weighted by Crippen LogP contribution is -2.55. The standard InChI is InChI=1S/C34H43N3O6S/c1-25-13-11-12-16-27(25)23-36(31(21-26-14-7-5-8-15-26)34(39)35-28-17-9-6-10-18-28)33(38)24-37(44(4,40)41)30-20-19-29(42-2)22-32(30)43-3/h5,7-8,11-16,19-20,22,28,31H,6,9-10,17-18,21,23-24H2,1-4H3,(H,35,39). The van der Waals surface area contributed by atoms with Crippen LogP contribution < -0.4 is 19.1 Å². The van der Waals surface area contributed by atoms with E-state index in [1.165, 1.54) is 19.1 Å². The zero-order chi connectivity index (χ0) is 31.7. The molecule has 44 heavy (non-hydrogen) atoms. The Hall–Kier alpha value is -4.05. The molecule has 0 bridgehead atoms. The van der Waals surface area contributed by atoms with E-state index in [1.807, 2.05) is 61.5 Å². The van der Waals surface area contributed by atoms with E-state index in [4.69, 9.17) is 9.47 Å². The first-order chi connectivity index (χ1) is 21.1. The molecule has 1 unspecified atom stereocenters. The number of anilines is 1. The van der Waals surface area contributed by atoms with Crippen LogP contribution in [0, 0.1) is 6.92 Å². The molecule has 3 aromatic carbocycles. The maximum absolute atomic E-state index is 14.4. The number of hydrogen-bond acceptors (Lipinski definition) is 6. The van der Waals surface area contributed by atoms with Gasteiger partial charge in [-0.2, -0.15) is 0 Å². The van der Waals surface area contributed by atoms with Gasteiger partial charge in [0, 0.05) is 25.1 Å². The predicted octanol–water partition coefficient (Wildman–Crippen LogP) is 4.87. The van der Waals surface area contributed by atoms with Crippen LogP contribution in [0.25, 0.3) is 0 Å². The maximum atomic E-state index is 14.4. The van der Waals surface area contributed by atoms with Gasteiger partial charge in [-0.25, -0.2) is 8.42 Å². The molecule has 1 N–H and O–H groups in total. The molecule has 1 saturated carbocycles. The number of amides is 2. The summed E-state index contributed by atoms with van der Waals surface area (Å²) in [6.45, 7) is 1.57. The molecule has 236 valence electrons. The summed E-state index contributed by atoms with van der Waals surface area (Å²) >= 11 is 0. The van der Waals surface area contributed by atoms with Crippen molar-refractivity contribution in [3.05, 3.63) is 89.5 Å². The van der Waals surface area contributed by atoms with Crippen molar-refractivity contribution < 1.29 is 27.5 Å². The zero-order valence-electron chi connectivity index (χ0n) is 26.0. The molecule has 0 aliphatic heterocycles. The van der Waals surface area contributed by atoms with Crippen molar-refractivity contribution in [3.8, 4) is 11.5 Å². The number of ether oxygens (including phenoxy) is 2. The third-order valence-electron chi connectivity index (χ3n) is 8.16. The van der Waals surface area contributed by atoms with Gasteiger partial charge < -0.3 is 19.7 Å². The Morgan fingerprint density at radius 2 is 1.61 bits per heavy atom. The molecule has 10 heteroatoms. The normalized spacial score (nSPS) is 14.4. The van der Waals surface area contributed by atoms with Crippen LogP contribution in [0.15, 0.2) is 72.8 Å². The molecule has 0 radical (unpaired) electrons. The number of rotatable bonds is 13. The van der Waals surface area contributed by atoms with Gasteiger partial charge in [-0.1, -0.05) is 73.9 Å². The average Bonchev–Trinajstić information content (AvgIpc) is 3.02. The Morgan fingerprint density at radius 1 is 0.932 bits per heavy atom. The van der Waals surface area contributed by atoms with Gasteiger partial charge in [0.15, 0.2) is 0 Å². The Bertz CT molecular complexity index is 1520. The van der Waals surface area contributed by atoms with E-state index in [2.05, 4.69) is 5.32 Å². The first-order valence-corrected chi connectivity index (χ1v) is 16.8. The van der Waals surface area contributed by atoms with E-state index in [1.54, 1.807) is 18.2 Å². The Morgan fingerprint density at radius 3 is 2.25 bits per heavy atom. The second kappa shape index (κ2) is 15.1. The van der Waals surface area contributed by atoms with Gasteiger partial charge in [0.25, 0.3) is 0 Å². The van der Waals surface area contributed by atoms with Crippen LogP contribution >= 0.6 is 0 Å². The van der Waals surface area contributed by atoms with E-state index >= 15 is 0 Å². The van der Waals surface area contributed by atoms with Crippen LogP contribution in [0.1, 0.15) is 48.8 Å². The highest BCUT2D eigenvalue weighted by atomic mass is 32.2. The molecule has 1 aliphatic rings. The van der Waals surface area contributed by atoms with Gasteiger partial charge in [0.05, 0.1) is 26.2 Å². The van der Waals surface area contributed by atoms with Crippen molar-refractivity contribution in [3.63, 3.8) is 0 Å². The van der Waals surface area contributed by atoms with Gasteiger partial charge in [0.2, 0.25) is 21.8 Å². The lowest BCUT2D eigenvalue weighted by atomic mass is 9.94. The number of nitrogens with zero attached hydrogens (tertiary/aromatic N) is 2. The summed E-state index contributed by atoms with van der Waals surface area (Å²) in [5.74, 6) is -0.0235. The fourth-order valence-corrected chi connectivity index (χ4v) is 6.51. The van der Waals surface area contributed by atoms with Gasteiger partial charge in [0.1, 0.15) is 24.1 Å². The minimum absolute atomic E-state index is 0.0426. The van der Waals surface area contributed by atoms with E-state index in [-0.39, 0.29) is 36.4 Å². The van der Waals surface area contributed by atoms with Crippen LogP contribution in [0.5, 0.6) is 11.5 Å². The van der Waals surface area contributed by atoms with Crippen molar-refractivity contribution in [1.82, 2.24) is 10.2 Å². The molecule has 0 heterocycles. The van der Waals surface area contributed by atoms with E-state index in [0.29, 0.717) is 5.75 Å². The molecule has 1 aliphatic carbocycles. The van der Waals surface area contributed by atoms with Crippen LogP contribution in [0.3, 0.4) is 0 Å². The summed E-state index contributed by atoms with van der Waals surface area (Å²) in [6.07, 6.45) is 6.37.